The average molecular weight is 170 g/mol. The third-order valence-corrected chi connectivity index (χ3v) is 2.62. The Kier molecular flexibility index (Phi) is 3.60. The first-order chi connectivity index (χ1) is 5.72. The molecule has 1 aliphatic carbocycles. The Balaban J connectivity index is 2.21. The molecule has 70 valence electrons. The Morgan fingerprint density at radius 1 is 1.42 bits per heavy atom. The van der Waals surface area contributed by atoms with Crippen molar-refractivity contribution < 1.29 is 9.84 Å². The highest BCUT2D eigenvalue weighted by molar-refractivity contribution is 4.86. The maximum absolute atomic E-state index is 9.26. The van der Waals surface area contributed by atoms with Crippen LogP contribution in [0.25, 0.3) is 0 Å². The van der Waals surface area contributed by atoms with Crippen LogP contribution in [0.5, 0.6) is 0 Å². The Labute approximate surface area is 74.2 Å². The molecular formula is C10H18O2. The first kappa shape index (κ1) is 9.59. The summed E-state index contributed by atoms with van der Waals surface area (Å²) in [6.45, 7) is 3.80. The highest BCUT2D eigenvalue weighted by atomic mass is 16.5. The van der Waals surface area contributed by atoms with E-state index in [4.69, 9.17) is 4.74 Å². The highest BCUT2D eigenvalue weighted by Gasteiger charge is 2.19. The minimum Gasteiger partial charge on any atom is -0.502 e. The Morgan fingerprint density at radius 3 is 2.50 bits per heavy atom. The van der Waals surface area contributed by atoms with Gasteiger partial charge in [-0.25, -0.2) is 0 Å². The van der Waals surface area contributed by atoms with E-state index in [1.807, 2.05) is 0 Å². The largest absolute Gasteiger partial charge is 0.502 e. The zero-order valence-corrected chi connectivity index (χ0v) is 7.75. The Hall–Kier alpha value is -0.500. The number of aliphatic hydroxyl groups is 1. The quantitative estimate of drug-likeness (QED) is 0.657. The second-order valence-corrected chi connectivity index (χ2v) is 3.62. The molecule has 0 aliphatic heterocycles. The third-order valence-electron chi connectivity index (χ3n) is 2.62. The molecule has 2 heteroatoms. The van der Waals surface area contributed by atoms with Crippen LogP contribution in [0, 0.1) is 5.92 Å². The van der Waals surface area contributed by atoms with Gasteiger partial charge in [-0.2, -0.15) is 0 Å². The van der Waals surface area contributed by atoms with Gasteiger partial charge in [0.15, 0.2) is 0 Å². The van der Waals surface area contributed by atoms with Crippen LogP contribution in [-0.2, 0) is 4.74 Å². The van der Waals surface area contributed by atoms with Gasteiger partial charge in [-0.1, -0.05) is 6.58 Å². The molecule has 12 heavy (non-hydrogen) atoms. The second-order valence-electron chi connectivity index (χ2n) is 3.62. The number of aliphatic hydroxyl groups excluding tert-OH is 1. The SMILES string of the molecule is C=C(CC1CCC(O)CC1)OC. The standard InChI is InChI=1S/C10H18O2/c1-8(12-2)7-9-3-5-10(11)6-4-9/h9-11H,1,3-7H2,2H3. The highest BCUT2D eigenvalue weighted by Crippen LogP contribution is 2.28. The lowest BCUT2D eigenvalue weighted by Gasteiger charge is -2.25. The maximum atomic E-state index is 9.26. The van der Waals surface area contributed by atoms with Crippen LogP contribution in [-0.4, -0.2) is 18.3 Å². The number of allylic oxidation sites excluding steroid dienone is 1. The number of hydrogen-bond donors (Lipinski definition) is 1. The lowest BCUT2D eigenvalue weighted by atomic mass is 9.85. The summed E-state index contributed by atoms with van der Waals surface area (Å²) in [6.07, 6.45) is 5.02. The average Bonchev–Trinajstić information content (AvgIpc) is 2.09. The lowest BCUT2D eigenvalue weighted by molar-refractivity contribution is 0.104. The molecule has 0 atom stereocenters. The smallest absolute Gasteiger partial charge is 0.0886 e. The van der Waals surface area contributed by atoms with Crippen molar-refractivity contribution in [2.45, 2.75) is 38.2 Å². The second kappa shape index (κ2) is 4.51. The predicted molar refractivity (Wildman–Crippen MR) is 48.7 cm³/mol. The summed E-state index contributed by atoms with van der Waals surface area (Å²) in [5.41, 5.74) is 0. The molecule has 0 aromatic carbocycles. The predicted octanol–water partition coefficient (Wildman–Crippen LogP) is 2.09. The van der Waals surface area contributed by atoms with Gasteiger partial charge in [0.05, 0.1) is 19.0 Å². The number of hydrogen-bond acceptors (Lipinski definition) is 2. The number of ether oxygens (including phenoxy) is 1. The molecule has 1 N–H and O–H groups in total. The molecule has 0 spiro atoms. The van der Waals surface area contributed by atoms with Gasteiger partial charge in [0.1, 0.15) is 0 Å². The summed E-state index contributed by atoms with van der Waals surface area (Å²) < 4.78 is 5.02. The molecule has 0 amide bonds. The summed E-state index contributed by atoms with van der Waals surface area (Å²) in [5.74, 6) is 1.55. The van der Waals surface area contributed by atoms with Crippen LogP contribution in [0.4, 0.5) is 0 Å². The number of rotatable bonds is 3. The van der Waals surface area contributed by atoms with E-state index < -0.39 is 0 Å². The summed E-state index contributed by atoms with van der Waals surface area (Å²) in [4.78, 5) is 0. The zero-order chi connectivity index (χ0) is 8.97. The summed E-state index contributed by atoms with van der Waals surface area (Å²) in [5, 5.41) is 9.26. The molecule has 1 rings (SSSR count). The summed E-state index contributed by atoms with van der Waals surface area (Å²) in [6, 6.07) is 0. The minimum absolute atomic E-state index is 0.0583. The van der Waals surface area contributed by atoms with Crippen LogP contribution in [0.15, 0.2) is 12.3 Å². The number of methoxy groups -OCH3 is 1. The van der Waals surface area contributed by atoms with Crippen LogP contribution >= 0.6 is 0 Å². The molecule has 1 fully saturated rings. The van der Waals surface area contributed by atoms with Crippen molar-refractivity contribution in [2.24, 2.45) is 5.92 Å². The molecule has 0 radical (unpaired) electrons. The minimum atomic E-state index is -0.0583. The van der Waals surface area contributed by atoms with Crippen LogP contribution < -0.4 is 0 Å². The van der Waals surface area contributed by atoms with E-state index in [0.717, 1.165) is 37.9 Å². The molecule has 2 nitrogen and oxygen atoms in total. The van der Waals surface area contributed by atoms with Crippen LogP contribution in [0.3, 0.4) is 0 Å². The fourth-order valence-corrected chi connectivity index (χ4v) is 1.75. The van der Waals surface area contributed by atoms with Crippen molar-refractivity contribution in [1.29, 1.82) is 0 Å². The molecule has 0 aromatic heterocycles. The van der Waals surface area contributed by atoms with Crippen LogP contribution in [0.2, 0.25) is 0 Å². The van der Waals surface area contributed by atoms with Crippen molar-refractivity contribution in [3.05, 3.63) is 12.3 Å². The van der Waals surface area contributed by atoms with Gasteiger partial charge in [-0.05, 0) is 31.6 Å². The van der Waals surface area contributed by atoms with Crippen molar-refractivity contribution in [3.63, 3.8) is 0 Å². The van der Waals surface area contributed by atoms with Gasteiger partial charge in [0.25, 0.3) is 0 Å². The molecule has 0 heterocycles. The third kappa shape index (κ3) is 2.86. The van der Waals surface area contributed by atoms with Gasteiger partial charge in [-0.3, -0.25) is 0 Å². The van der Waals surface area contributed by atoms with E-state index in [1.54, 1.807) is 7.11 Å². The normalized spacial score (nSPS) is 29.8. The van der Waals surface area contributed by atoms with E-state index >= 15 is 0 Å². The van der Waals surface area contributed by atoms with E-state index in [9.17, 15) is 5.11 Å². The van der Waals surface area contributed by atoms with Crippen molar-refractivity contribution in [2.75, 3.05) is 7.11 Å². The summed E-state index contributed by atoms with van der Waals surface area (Å²) >= 11 is 0. The molecule has 0 unspecified atom stereocenters. The zero-order valence-electron chi connectivity index (χ0n) is 7.75. The van der Waals surface area contributed by atoms with E-state index in [1.165, 1.54) is 0 Å². The van der Waals surface area contributed by atoms with E-state index in [-0.39, 0.29) is 6.10 Å². The lowest BCUT2D eigenvalue weighted by Crippen LogP contribution is -2.18. The fraction of sp³-hybridized carbons (Fsp3) is 0.800. The van der Waals surface area contributed by atoms with Crippen molar-refractivity contribution in [1.82, 2.24) is 0 Å². The fourth-order valence-electron chi connectivity index (χ4n) is 1.75. The molecule has 1 saturated carbocycles. The van der Waals surface area contributed by atoms with E-state index in [2.05, 4.69) is 6.58 Å². The molecule has 1 aliphatic rings. The first-order valence-electron chi connectivity index (χ1n) is 4.62. The van der Waals surface area contributed by atoms with Crippen molar-refractivity contribution in [3.8, 4) is 0 Å². The van der Waals surface area contributed by atoms with Gasteiger partial charge in [-0.15, -0.1) is 0 Å². The van der Waals surface area contributed by atoms with Gasteiger partial charge < -0.3 is 9.84 Å². The molecule has 0 saturated heterocycles. The first-order valence-corrected chi connectivity index (χ1v) is 4.62. The van der Waals surface area contributed by atoms with E-state index in [0.29, 0.717) is 5.92 Å². The van der Waals surface area contributed by atoms with Crippen LogP contribution in [0.1, 0.15) is 32.1 Å². The Morgan fingerprint density at radius 2 is 2.00 bits per heavy atom. The van der Waals surface area contributed by atoms with Gasteiger partial charge >= 0.3 is 0 Å². The molecule has 0 bridgehead atoms. The Bertz CT molecular complexity index is 146. The van der Waals surface area contributed by atoms with Crippen molar-refractivity contribution >= 4 is 0 Å². The summed E-state index contributed by atoms with van der Waals surface area (Å²) in [7, 11) is 1.67. The van der Waals surface area contributed by atoms with Gasteiger partial charge in [0.2, 0.25) is 0 Å². The molecule has 0 aromatic rings. The topological polar surface area (TPSA) is 29.5 Å². The monoisotopic (exact) mass is 170 g/mol. The van der Waals surface area contributed by atoms with Gasteiger partial charge in [0, 0.05) is 6.42 Å². The maximum Gasteiger partial charge on any atom is 0.0886 e. The molecular weight excluding hydrogens is 152 g/mol.